The molecule has 0 unspecified atom stereocenters. The van der Waals surface area contributed by atoms with Crippen molar-refractivity contribution >= 4 is 0 Å². The first kappa shape index (κ1) is 11.7. The summed E-state index contributed by atoms with van der Waals surface area (Å²) in [6, 6.07) is 5.82. The van der Waals surface area contributed by atoms with Crippen LogP contribution < -0.4 is 5.32 Å². The van der Waals surface area contributed by atoms with Crippen LogP contribution in [-0.2, 0) is 0 Å². The van der Waals surface area contributed by atoms with Gasteiger partial charge in [0.05, 0.1) is 18.2 Å². The van der Waals surface area contributed by atoms with Gasteiger partial charge in [-0.05, 0) is 44.1 Å². The van der Waals surface area contributed by atoms with Crippen LogP contribution in [0.15, 0.2) is 35.1 Å². The minimum Gasteiger partial charge on any atom is -0.463 e. The van der Waals surface area contributed by atoms with Gasteiger partial charge in [-0.25, -0.2) is 9.97 Å². The quantitative estimate of drug-likeness (QED) is 0.749. The molecule has 0 amide bonds. The van der Waals surface area contributed by atoms with Crippen molar-refractivity contribution in [2.75, 3.05) is 13.1 Å². The molecule has 0 aromatic carbocycles. The zero-order valence-corrected chi connectivity index (χ0v) is 11.1. The van der Waals surface area contributed by atoms with Crippen molar-refractivity contribution in [1.29, 1.82) is 0 Å². The van der Waals surface area contributed by atoms with E-state index in [9.17, 15) is 0 Å². The van der Waals surface area contributed by atoms with Crippen LogP contribution in [0.25, 0.3) is 22.8 Å². The van der Waals surface area contributed by atoms with E-state index < -0.39 is 0 Å². The fourth-order valence-corrected chi connectivity index (χ4v) is 2.79. The molecule has 0 aliphatic carbocycles. The lowest BCUT2D eigenvalue weighted by Crippen LogP contribution is -2.27. The van der Waals surface area contributed by atoms with Crippen LogP contribution in [0.1, 0.15) is 24.6 Å². The van der Waals surface area contributed by atoms with E-state index in [2.05, 4.69) is 20.3 Å². The Labute approximate surface area is 116 Å². The first-order chi connectivity index (χ1) is 9.90. The minimum atomic E-state index is 0.516. The number of rotatable bonds is 2. The number of aromatic nitrogens is 3. The zero-order chi connectivity index (χ0) is 13.4. The van der Waals surface area contributed by atoms with E-state index in [-0.39, 0.29) is 0 Å². The minimum absolute atomic E-state index is 0.516. The van der Waals surface area contributed by atoms with Crippen LogP contribution in [0.3, 0.4) is 0 Å². The van der Waals surface area contributed by atoms with Crippen LogP contribution in [0.5, 0.6) is 0 Å². The van der Waals surface area contributed by atoms with E-state index >= 15 is 0 Å². The Kier molecular flexibility index (Phi) is 2.77. The molecule has 2 N–H and O–H groups in total. The number of nitrogens with zero attached hydrogens (tertiary/aromatic N) is 2. The van der Waals surface area contributed by atoms with Gasteiger partial charge in [-0.2, -0.15) is 0 Å². The average Bonchev–Trinajstić information content (AvgIpc) is 3.16. The van der Waals surface area contributed by atoms with Crippen molar-refractivity contribution in [3.63, 3.8) is 0 Å². The molecular weight excluding hydrogens is 252 g/mol. The highest BCUT2D eigenvalue weighted by Crippen LogP contribution is 2.29. The first-order valence-electron chi connectivity index (χ1n) is 7.00. The van der Waals surface area contributed by atoms with Crippen LogP contribution >= 0.6 is 0 Å². The number of hydrogen-bond donors (Lipinski definition) is 2. The topological polar surface area (TPSA) is 66.7 Å². The Morgan fingerprint density at radius 1 is 1.20 bits per heavy atom. The molecule has 4 rings (SSSR count). The second-order valence-corrected chi connectivity index (χ2v) is 5.21. The fraction of sp³-hybridized carbons (Fsp3) is 0.333. The molecule has 0 atom stereocenters. The maximum absolute atomic E-state index is 5.39. The van der Waals surface area contributed by atoms with E-state index in [1.807, 2.05) is 24.4 Å². The largest absolute Gasteiger partial charge is 0.463 e. The van der Waals surface area contributed by atoms with Gasteiger partial charge in [0.2, 0.25) is 0 Å². The maximum atomic E-state index is 5.39. The highest BCUT2D eigenvalue weighted by Gasteiger charge is 2.20. The molecule has 5 heteroatoms. The molecular formula is C15H16N4O. The van der Waals surface area contributed by atoms with E-state index in [4.69, 9.17) is 4.42 Å². The summed E-state index contributed by atoms with van der Waals surface area (Å²) in [6.45, 7) is 2.13. The molecule has 3 aliphatic rings. The van der Waals surface area contributed by atoms with Crippen molar-refractivity contribution in [3.05, 3.63) is 36.5 Å². The zero-order valence-electron chi connectivity index (χ0n) is 11.1. The van der Waals surface area contributed by atoms with Crippen molar-refractivity contribution < 1.29 is 4.42 Å². The molecule has 0 bridgehead atoms. The van der Waals surface area contributed by atoms with Crippen LogP contribution in [-0.4, -0.2) is 28.0 Å². The highest BCUT2D eigenvalue weighted by atomic mass is 16.3. The predicted octanol–water partition coefficient (Wildman–Crippen LogP) is 2.64. The molecule has 1 saturated heterocycles. The van der Waals surface area contributed by atoms with Crippen molar-refractivity contribution in [2.45, 2.75) is 18.8 Å². The highest BCUT2D eigenvalue weighted by molar-refractivity contribution is 5.67. The summed E-state index contributed by atoms with van der Waals surface area (Å²) in [7, 11) is 0. The molecule has 5 nitrogen and oxygen atoms in total. The van der Waals surface area contributed by atoms with E-state index in [1.54, 1.807) is 6.26 Å². The number of fused-ring (bicyclic) bond motifs is 1. The lowest BCUT2D eigenvalue weighted by molar-refractivity contribution is 0.445. The monoisotopic (exact) mass is 268 g/mol. The van der Waals surface area contributed by atoms with E-state index in [1.165, 1.54) is 0 Å². The van der Waals surface area contributed by atoms with Crippen LogP contribution in [0, 0.1) is 0 Å². The second-order valence-electron chi connectivity index (χ2n) is 5.21. The fourth-order valence-electron chi connectivity index (χ4n) is 2.79. The van der Waals surface area contributed by atoms with Gasteiger partial charge in [0.25, 0.3) is 0 Å². The summed E-state index contributed by atoms with van der Waals surface area (Å²) in [5.41, 5.74) is 2.76. The third-order valence-corrected chi connectivity index (χ3v) is 3.89. The third-order valence-electron chi connectivity index (χ3n) is 3.89. The number of hydrogen-bond acceptors (Lipinski definition) is 4. The normalized spacial score (nSPS) is 16.8. The lowest BCUT2D eigenvalue weighted by Gasteiger charge is -2.22. The number of H-pyrrole nitrogens is 1. The maximum Gasteiger partial charge on any atom is 0.152 e. The Morgan fingerprint density at radius 3 is 2.90 bits per heavy atom. The first-order valence-corrected chi connectivity index (χ1v) is 7.00. The molecule has 0 saturated carbocycles. The Morgan fingerprint density at radius 2 is 2.10 bits per heavy atom. The third kappa shape index (κ3) is 2.00. The van der Waals surface area contributed by atoms with Crippen molar-refractivity contribution in [2.24, 2.45) is 0 Å². The average molecular weight is 268 g/mol. The van der Waals surface area contributed by atoms with Crippen LogP contribution in [0.2, 0.25) is 0 Å². The van der Waals surface area contributed by atoms with Crippen LogP contribution in [0.4, 0.5) is 0 Å². The Balaban J connectivity index is 1.71. The summed E-state index contributed by atoms with van der Waals surface area (Å²) in [4.78, 5) is 12.5. The summed E-state index contributed by atoms with van der Waals surface area (Å²) in [5, 5.41) is 3.38. The van der Waals surface area contributed by atoms with Crippen molar-refractivity contribution in [3.8, 4) is 22.8 Å². The Hall–Kier alpha value is -2.14. The van der Waals surface area contributed by atoms with Gasteiger partial charge in [-0.3, -0.25) is 0 Å². The van der Waals surface area contributed by atoms with E-state index in [0.29, 0.717) is 5.92 Å². The molecule has 102 valence electrons. The van der Waals surface area contributed by atoms with Gasteiger partial charge >= 0.3 is 0 Å². The van der Waals surface area contributed by atoms with Gasteiger partial charge < -0.3 is 14.7 Å². The van der Waals surface area contributed by atoms with Gasteiger partial charge in [0.15, 0.2) is 5.76 Å². The molecule has 3 aliphatic heterocycles. The SMILES string of the molecule is c1coc(-c2cc3[nH]c(C4CCNCC4)ncc-3n2)c1. The molecule has 20 heavy (non-hydrogen) atoms. The lowest BCUT2D eigenvalue weighted by atomic mass is 9.97. The molecule has 1 aromatic heterocycles. The summed E-state index contributed by atoms with van der Waals surface area (Å²) in [5.74, 6) is 2.37. The second kappa shape index (κ2) is 4.76. The molecule has 0 spiro atoms. The van der Waals surface area contributed by atoms with E-state index in [0.717, 1.165) is 54.6 Å². The van der Waals surface area contributed by atoms with Crippen molar-refractivity contribution in [1.82, 2.24) is 20.3 Å². The summed E-state index contributed by atoms with van der Waals surface area (Å²) >= 11 is 0. The molecule has 1 fully saturated rings. The number of nitrogens with one attached hydrogen (secondary N) is 2. The number of piperidine rings is 1. The van der Waals surface area contributed by atoms with Gasteiger partial charge in [0, 0.05) is 5.92 Å². The number of furan rings is 1. The predicted molar refractivity (Wildman–Crippen MR) is 75.6 cm³/mol. The van der Waals surface area contributed by atoms with Gasteiger partial charge in [-0.1, -0.05) is 0 Å². The smallest absolute Gasteiger partial charge is 0.152 e. The van der Waals surface area contributed by atoms with Gasteiger partial charge in [-0.15, -0.1) is 0 Å². The number of aromatic amines is 1. The summed E-state index contributed by atoms with van der Waals surface area (Å²) in [6.07, 6.45) is 5.79. The molecule has 4 heterocycles. The summed E-state index contributed by atoms with van der Waals surface area (Å²) < 4.78 is 5.39. The van der Waals surface area contributed by atoms with Gasteiger partial charge in [0.1, 0.15) is 17.2 Å². The molecule has 0 radical (unpaired) electrons. The Bertz CT molecular complexity index is 667. The standard InChI is InChI=1S/C15H16N4O/c1-2-14(20-7-1)12-8-11-13(18-12)9-17-15(19-11)10-3-5-16-6-4-10/h1-2,7-10,16H,3-6H2,(H,17,19). The molecule has 1 aromatic rings.